The molecule has 1 aromatic heterocycles. The molecular weight excluding hydrogens is 314 g/mol. The molecule has 0 saturated carbocycles. The van der Waals surface area contributed by atoms with Gasteiger partial charge in [0.1, 0.15) is 5.51 Å². The third-order valence-corrected chi connectivity index (χ3v) is 6.02. The van der Waals surface area contributed by atoms with E-state index >= 15 is 0 Å². The Morgan fingerprint density at radius 3 is 3.05 bits per heavy atom. The predicted octanol–water partition coefficient (Wildman–Crippen LogP) is 3.55. The summed E-state index contributed by atoms with van der Waals surface area (Å²) < 4.78 is 0.846. The predicted molar refractivity (Wildman–Crippen MR) is 90.1 cm³/mol. The topological polar surface area (TPSA) is 46.1 Å². The van der Waals surface area contributed by atoms with Gasteiger partial charge in [-0.3, -0.25) is 4.79 Å². The van der Waals surface area contributed by atoms with E-state index in [0.717, 1.165) is 23.6 Å². The molecule has 1 aliphatic rings. The van der Waals surface area contributed by atoms with Crippen molar-refractivity contribution in [3.63, 3.8) is 0 Å². The minimum Gasteiger partial charge on any atom is -0.338 e. The molecule has 0 saturated heterocycles. The number of amides is 1. The molecule has 0 radical (unpaired) electrons. The van der Waals surface area contributed by atoms with Gasteiger partial charge >= 0.3 is 0 Å². The highest BCUT2D eigenvalue weighted by Gasteiger charge is 2.29. The number of carbonyl (C=O) groups is 1. The zero-order valence-corrected chi connectivity index (χ0v) is 14.4. The van der Waals surface area contributed by atoms with Gasteiger partial charge in [0.2, 0.25) is 5.91 Å². The average Bonchev–Trinajstić information content (AvgIpc) is 3.05. The van der Waals surface area contributed by atoms with Crippen LogP contribution >= 0.6 is 23.1 Å². The van der Waals surface area contributed by atoms with Crippen LogP contribution in [0.5, 0.6) is 0 Å². The third-order valence-electron chi connectivity index (χ3n) is 4.12. The number of aryl methyl sites for hydroxylation is 1. The number of rotatable bonds is 4. The Labute approximate surface area is 138 Å². The molecule has 0 unspecified atom stereocenters. The molecule has 1 amide bonds. The van der Waals surface area contributed by atoms with Crippen molar-refractivity contribution in [3.8, 4) is 0 Å². The van der Waals surface area contributed by atoms with E-state index in [1.807, 2.05) is 18.9 Å². The first-order chi connectivity index (χ1) is 10.7. The van der Waals surface area contributed by atoms with Crippen molar-refractivity contribution in [2.75, 3.05) is 7.05 Å². The number of aromatic nitrogens is 2. The SMILES string of the molecule is C[C@H](Sc1nncs1)C(=O)N(C)[C@H]1CCCc2ccccc21. The number of benzene rings is 1. The van der Waals surface area contributed by atoms with Crippen LogP contribution in [-0.2, 0) is 11.2 Å². The zero-order chi connectivity index (χ0) is 15.5. The van der Waals surface area contributed by atoms with Crippen LogP contribution in [-0.4, -0.2) is 33.3 Å². The van der Waals surface area contributed by atoms with E-state index in [4.69, 9.17) is 0 Å². The monoisotopic (exact) mass is 333 g/mol. The van der Waals surface area contributed by atoms with Crippen LogP contribution in [0.4, 0.5) is 0 Å². The molecule has 0 fully saturated rings. The van der Waals surface area contributed by atoms with Crippen LogP contribution in [0.1, 0.15) is 36.9 Å². The first-order valence-corrected chi connectivity index (χ1v) is 9.20. The van der Waals surface area contributed by atoms with E-state index in [9.17, 15) is 4.79 Å². The van der Waals surface area contributed by atoms with Crippen LogP contribution in [0.25, 0.3) is 0 Å². The Morgan fingerprint density at radius 2 is 2.27 bits per heavy atom. The van der Waals surface area contributed by atoms with Crippen LogP contribution < -0.4 is 0 Å². The van der Waals surface area contributed by atoms with Crippen molar-refractivity contribution in [2.45, 2.75) is 41.8 Å². The zero-order valence-electron chi connectivity index (χ0n) is 12.7. The number of fused-ring (bicyclic) bond motifs is 1. The summed E-state index contributed by atoms with van der Waals surface area (Å²) >= 11 is 2.96. The first kappa shape index (κ1) is 15.5. The van der Waals surface area contributed by atoms with Gasteiger partial charge in [0.05, 0.1) is 11.3 Å². The summed E-state index contributed by atoms with van der Waals surface area (Å²) in [5, 5.41) is 7.68. The molecule has 1 aromatic carbocycles. The summed E-state index contributed by atoms with van der Waals surface area (Å²) in [4.78, 5) is 14.7. The molecule has 6 heteroatoms. The molecule has 4 nitrogen and oxygen atoms in total. The van der Waals surface area contributed by atoms with E-state index in [1.54, 1.807) is 5.51 Å². The van der Waals surface area contributed by atoms with Gasteiger partial charge in [0.25, 0.3) is 0 Å². The summed E-state index contributed by atoms with van der Waals surface area (Å²) in [5.41, 5.74) is 4.38. The van der Waals surface area contributed by atoms with Crippen LogP contribution in [0, 0.1) is 0 Å². The molecular formula is C16H19N3OS2. The van der Waals surface area contributed by atoms with E-state index in [-0.39, 0.29) is 17.2 Å². The lowest BCUT2D eigenvalue weighted by Crippen LogP contribution is -2.37. The molecule has 3 rings (SSSR count). The summed E-state index contributed by atoms with van der Waals surface area (Å²) in [6.45, 7) is 1.94. The van der Waals surface area contributed by atoms with Gasteiger partial charge in [0, 0.05) is 7.05 Å². The molecule has 116 valence electrons. The van der Waals surface area contributed by atoms with E-state index in [1.165, 1.54) is 34.2 Å². The Morgan fingerprint density at radius 1 is 1.45 bits per heavy atom. The second-order valence-corrected chi connectivity index (χ2v) is 7.94. The number of hydrogen-bond acceptors (Lipinski definition) is 5. The highest BCUT2D eigenvalue weighted by Crippen LogP contribution is 2.35. The smallest absolute Gasteiger partial charge is 0.236 e. The number of carbonyl (C=O) groups excluding carboxylic acids is 1. The minimum absolute atomic E-state index is 0.146. The number of thioether (sulfide) groups is 1. The quantitative estimate of drug-likeness (QED) is 0.803. The van der Waals surface area contributed by atoms with Gasteiger partial charge in [-0.05, 0) is 37.3 Å². The molecule has 2 atom stereocenters. The van der Waals surface area contributed by atoms with Crippen molar-refractivity contribution in [1.82, 2.24) is 15.1 Å². The Bertz CT molecular complexity index is 645. The molecule has 1 heterocycles. The Kier molecular flexibility index (Phi) is 4.78. The fraction of sp³-hybridized carbons (Fsp3) is 0.438. The molecule has 22 heavy (non-hydrogen) atoms. The lowest BCUT2D eigenvalue weighted by molar-refractivity contribution is -0.131. The van der Waals surface area contributed by atoms with E-state index in [0.29, 0.717) is 0 Å². The fourth-order valence-corrected chi connectivity index (χ4v) is 4.71. The average molecular weight is 333 g/mol. The summed E-state index contributed by atoms with van der Waals surface area (Å²) in [5.74, 6) is 0.155. The Balaban J connectivity index is 1.73. The molecule has 0 bridgehead atoms. The summed E-state index contributed by atoms with van der Waals surface area (Å²) in [6.07, 6.45) is 3.29. The van der Waals surface area contributed by atoms with Gasteiger partial charge in [0.15, 0.2) is 4.34 Å². The molecule has 0 spiro atoms. The van der Waals surface area contributed by atoms with Crippen molar-refractivity contribution < 1.29 is 4.79 Å². The van der Waals surface area contributed by atoms with Crippen molar-refractivity contribution >= 4 is 29.0 Å². The van der Waals surface area contributed by atoms with Crippen molar-refractivity contribution in [2.24, 2.45) is 0 Å². The number of hydrogen-bond donors (Lipinski definition) is 0. The van der Waals surface area contributed by atoms with Gasteiger partial charge < -0.3 is 4.90 Å². The third kappa shape index (κ3) is 3.17. The van der Waals surface area contributed by atoms with Gasteiger partial charge in [-0.15, -0.1) is 10.2 Å². The minimum atomic E-state index is -0.146. The van der Waals surface area contributed by atoms with Crippen LogP contribution in [0.3, 0.4) is 0 Å². The highest BCUT2D eigenvalue weighted by molar-refractivity contribution is 8.02. The van der Waals surface area contributed by atoms with Crippen LogP contribution in [0.2, 0.25) is 0 Å². The summed E-state index contributed by atoms with van der Waals surface area (Å²) in [7, 11) is 1.92. The molecule has 0 aliphatic heterocycles. The highest BCUT2D eigenvalue weighted by atomic mass is 32.2. The maximum absolute atomic E-state index is 12.7. The maximum Gasteiger partial charge on any atom is 0.236 e. The normalized spacial score (nSPS) is 18.5. The lowest BCUT2D eigenvalue weighted by atomic mass is 9.87. The van der Waals surface area contributed by atoms with Gasteiger partial charge in [-0.1, -0.05) is 47.4 Å². The van der Waals surface area contributed by atoms with Gasteiger partial charge in [-0.25, -0.2) is 0 Å². The fourth-order valence-electron chi connectivity index (χ4n) is 2.99. The van der Waals surface area contributed by atoms with Crippen molar-refractivity contribution in [1.29, 1.82) is 0 Å². The second-order valence-electron chi connectivity index (χ2n) is 5.52. The standard InChI is InChI=1S/C16H19N3OS2/c1-11(22-16-18-17-10-21-16)15(20)19(2)14-9-5-7-12-6-3-4-8-13(12)14/h3-4,6,8,10-11,14H,5,7,9H2,1-2H3/t11-,14-/m0/s1. The lowest BCUT2D eigenvalue weighted by Gasteiger charge is -2.34. The van der Waals surface area contributed by atoms with Gasteiger partial charge in [-0.2, -0.15) is 0 Å². The maximum atomic E-state index is 12.7. The van der Waals surface area contributed by atoms with Crippen LogP contribution in [0.15, 0.2) is 34.1 Å². The Hall–Kier alpha value is -1.40. The van der Waals surface area contributed by atoms with Crippen molar-refractivity contribution in [3.05, 3.63) is 40.9 Å². The largest absolute Gasteiger partial charge is 0.338 e. The molecule has 2 aromatic rings. The summed E-state index contributed by atoms with van der Waals surface area (Å²) in [6, 6.07) is 8.67. The molecule has 0 N–H and O–H groups in total. The first-order valence-electron chi connectivity index (χ1n) is 7.44. The second kappa shape index (κ2) is 6.79. The van der Waals surface area contributed by atoms with E-state index < -0.39 is 0 Å². The number of nitrogens with zero attached hydrogens (tertiary/aromatic N) is 3. The van der Waals surface area contributed by atoms with E-state index in [2.05, 4.69) is 34.5 Å². The molecule has 1 aliphatic carbocycles.